The van der Waals surface area contributed by atoms with Crippen LogP contribution < -0.4 is 5.73 Å². The summed E-state index contributed by atoms with van der Waals surface area (Å²) >= 11 is 0. The quantitative estimate of drug-likeness (QED) is 0.774. The van der Waals surface area contributed by atoms with Crippen LogP contribution in [0.25, 0.3) is 0 Å². The Labute approximate surface area is 96.4 Å². The molecule has 0 saturated heterocycles. The molecule has 0 aliphatic heterocycles. The van der Waals surface area contributed by atoms with Gasteiger partial charge in [0.25, 0.3) is 0 Å². The molecule has 0 aromatic carbocycles. The van der Waals surface area contributed by atoms with Crippen molar-refractivity contribution in [3.8, 4) is 0 Å². The summed E-state index contributed by atoms with van der Waals surface area (Å²) in [4.78, 5) is 4.29. The molecule has 1 aromatic heterocycles. The molecule has 0 amide bonds. The van der Waals surface area contributed by atoms with Crippen molar-refractivity contribution in [3.05, 3.63) is 11.7 Å². The van der Waals surface area contributed by atoms with Gasteiger partial charge in [-0.05, 0) is 19.8 Å². The number of rotatable bonds is 7. The summed E-state index contributed by atoms with van der Waals surface area (Å²) in [5.41, 5.74) is 5.90. The van der Waals surface area contributed by atoms with Gasteiger partial charge in [-0.15, -0.1) is 0 Å². The SMILES string of the molecule is CCC[C@H](N)c1nc(C(CC)OCC)no1. The average molecular weight is 227 g/mol. The molecule has 2 atom stereocenters. The van der Waals surface area contributed by atoms with Gasteiger partial charge >= 0.3 is 0 Å². The summed E-state index contributed by atoms with van der Waals surface area (Å²) < 4.78 is 10.6. The van der Waals surface area contributed by atoms with Crippen LogP contribution in [0.4, 0.5) is 0 Å². The van der Waals surface area contributed by atoms with E-state index in [1.54, 1.807) is 0 Å². The molecular formula is C11H21N3O2. The number of aromatic nitrogens is 2. The molecule has 1 heterocycles. The molecule has 5 heteroatoms. The highest BCUT2D eigenvalue weighted by Crippen LogP contribution is 2.20. The largest absolute Gasteiger partial charge is 0.370 e. The van der Waals surface area contributed by atoms with Crippen LogP contribution in [0.2, 0.25) is 0 Å². The van der Waals surface area contributed by atoms with E-state index in [1.807, 2.05) is 13.8 Å². The van der Waals surface area contributed by atoms with Gasteiger partial charge < -0.3 is 15.0 Å². The van der Waals surface area contributed by atoms with Gasteiger partial charge in [-0.25, -0.2) is 0 Å². The lowest BCUT2D eigenvalue weighted by Crippen LogP contribution is -2.11. The Morgan fingerprint density at radius 3 is 2.69 bits per heavy atom. The van der Waals surface area contributed by atoms with Gasteiger partial charge in [0.05, 0.1) is 6.04 Å². The first kappa shape index (κ1) is 13.1. The maximum absolute atomic E-state index is 5.90. The van der Waals surface area contributed by atoms with E-state index >= 15 is 0 Å². The molecule has 16 heavy (non-hydrogen) atoms. The fourth-order valence-electron chi connectivity index (χ4n) is 1.54. The van der Waals surface area contributed by atoms with Crippen LogP contribution in [-0.4, -0.2) is 16.7 Å². The summed E-state index contributed by atoms with van der Waals surface area (Å²) in [6, 6.07) is -0.162. The topological polar surface area (TPSA) is 74.2 Å². The van der Waals surface area contributed by atoms with Crippen molar-refractivity contribution in [3.63, 3.8) is 0 Å². The Balaban J connectivity index is 2.68. The Kier molecular flexibility index (Phi) is 5.42. The molecular weight excluding hydrogens is 206 g/mol. The molecule has 1 rings (SSSR count). The monoisotopic (exact) mass is 227 g/mol. The summed E-state index contributed by atoms with van der Waals surface area (Å²) in [5.74, 6) is 1.11. The van der Waals surface area contributed by atoms with Gasteiger partial charge in [-0.2, -0.15) is 4.98 Å². The van der Waals surface area contributed by atoms with E-state index in [2.05, 4.69) is 17.1 Å². The predicted molar refractivity (Wildman–Crippen MR) is 60.8 cm³/mol. The van der Waals surface area contributed by atoms with Gasteiger partial charge in [-0.1, -0.05) is 25.4 Å². The Hall–Kier alpha value is -0.940. The highest BCUT2D eigenvalue weighted by atomic mass is 16.5. The number of nitrogens with zero attached hydrogens (tertiary/aromatic N) is 2. The Morgan fingerprint density at radius 2 is 2.12 bits per heavy atom. The molecule has 0 bridgehead atoms. The lowest BCUT2D eigenvalue weighted by Gasteiger charge is -2.09. The fraction of sp³-hybridized carbons (Fsp3) is 0.818. The van der Waals surface area contributed by atoms with E-state index in [1.165, 1.54) is 0 Å². The van der Waals surface area contributed by atoms with Gasteiger partial charge in [0.15, 0.2) is 0 Å². The third kappa shape index (κ3) is 3.28. The van der Waals surface area contributed by atoms with Gasteiger partial charge in [0.1, 0.15) is 6.10 Å². The second-order valence-electron chi connectivity index (χ2n) is 3.74. The number of hydrogen-bond donors (Lipinski definition) is 1. The van der Waals surface area contributed by atoms with Crippen molar-refractivity contribution < 1.29 is 9.26 Å². The van der Waals surface area contributed by atoms with Crippen LogP contribution in [0.1, 0.15) is 63.9 Å². The molecule has 5 nitrogen and oxygen atoms in total. The van der Waals surface area contributed by atoms with Crippen LogP contribution >= 0.6 is 0 Å². The second-order valence-corrected chi connectivity index (χ2v) is 3.74. The third-order valence-electron chi connectivity index (χ3n) is 2.40. The molecule has 2 N–H and O–H groups in total. The van der Waals surface area contributed by atoms with E-state index in [0.717, 1.165) is 19.3 Å². The van der Waals surface area contributed by atoms with E-state index in [-0.39, 0.29) is 12.1 Å². The van der Waals surface area contributed by atoms with Crippen LogP contribution in [0.5, 0.6) is 0 Å². The fourth-order valence-corrected chi connectivity index (χ4v) is 1.54. The normalized spacial score (nSPS) is 15.0. The lowest BCUT2D eigenvalue weighted by molar-refractivity contribution is 0.0518. The Morgan fingerprint density at radius 1 is 1.38 bits per heavy atom. The van der Waals surface area contributed by atoms with Crippen molar-refractivity contribution >= 4 is 0 Å². The molecule has 0 fully saturated rings. The average Bonchev–Trinajstić information content (AvgIpc) is 2.75. The van der Waals surface area contributed by atoms with Crippen LogP contribution in [-0.2, 0) is 4.74 Å². The van der Waals surface area contributed by atoms with Gasteiger partial charge in [0, 0.05) is 6.61 Å². The van der Waals surface area contributed by atoms with E-state index in [0.29, 0.717) is 18.3 Å². The molecule has 1 aromatic rings. The maximum atomic E-state index is 5.90. The highest BCUT2D eigenvalue weighted by molar-refractivity contribution is 4.94. The molecule has 0 spiro atoms. The standard InChI is InChI=1S/C11H21N3O2/c1-4-7-8(12)11-13-10(14-16-11)9(5-2)15-6-3/h8-9H,4-7,12H2,1-3H3/t8-,9?/m0/s1. The third-order valence-corrected chi connectivity index (χ3v) is 2.40. The first-order valence-electron chi connectivity index (χ1n) is 5.93. The molecule has 1 unspecified atom stereocenters. The minimum Gasteiger partial charge on any atom is -0.370 e. The molecule has 0 radical (unpaired) electrons. The zero-order chi connectivity index (χ0) is 12.0. The highest BCUT2D eigenvalue weighted by Gasteiger charge is 2.19. The summed E-state index contributed by atoms with van der Waals surface area (Å²) in [5, 5.41) is 3.92. The predicted octanol–water partition coefficient (Wildman–Crippen LogP) is 2.36. The summed E-state index contributed by atoms with van der Waals surface area (Å²) in [6.45, 7) is 6.70. The molecule has 0 aliphatic carbocycles. The van der Waals surface area contributed by atoms with Crippen molar-refractivity contribution in [1.82, 2.24) is 10.1 Å². The first-order valence-corrected chi connectivity index (χ1v) is 5.93. The Bertz CT molecular complexity index is 301. The maximum Gasteiger partial charge on any atom is 0.243 e. The van der Waals surface area contributed by atoms with E-state index in [4.69, 9.17) is 15.0 Å². The van der Waals surface area contributed by atoms with Gasteiger partial charge in [-0.3, -0.25) is 0 Å². The molecule has 92 valence electrons. The zero-order valence-corrected chi connectivity index (χ0v) is 10.3. The van der Waals surface area contributed by atoms with Crippen molar-refractivity contribution in [2.75, 3.05) is 6.61 Å². The molecule has 0 aliphatic rings. The molecule has 0 saturated carbocycles. The number of nitrogens with two attached hydrogens (primary N) is 1. The van der Waals surface area contributed by atoms with Crippen LogP contribution in [0, 0.1) is 0 Å². The van der Waals surface area contributed by atoms with Crippen LogP contribution in [0.3, 0.4) is 0 Å². The smallest absolute Gasteiger partial charge is 0.243 e. The lowest BCUT2D eigenvalue weighted by atomic mass is 10.2. The second kappa shape index (κ2) is 6.60. The van der Waals surface area contributed by atoms with E-state index < -0.39 is 0 Å². The van der Waals surface area contributed by atoms with Crippen molar-refractivity contribution in [1.29, 1.82) is 0 Å². The minimum absolute atomic E-state index is 0.0867. The number of hydrogen-bond acceptors (Lipinski definition) is 5. The summed E-state index contributed by atoms with van der Waals surface area (Å²) in [6.07, 6.45) is 2.60. The van der Waals surface area contributed by atoms with E-state index in [9.17, 15) is 0 Å². The zero-order valence-electron chi connectivity index (χ0n) is 10.3. The van der Waals surface area contributed by atoms with Crippen LogP contribution in [0.15, 0.2) is 4.52 Å². The van der Waals surface area contributed by atoms with Crippen molar-refractivity contribution in [2.24, 2.45) is 5.73 Å². The van der Waals surface area contributed by atoms with Crippen molar-refractivity contribution in [2.45, 2.75) is 52.2 Å². The number of ether oxygens (including phenoxy) is 1. The first-order chi connectivity index (χ1) is 7.72. The minimum atomic E-state index is -0.162. The summed E-state index contributed by atoms with van der Waals surface area (Å²) in [7, 11) is 0. The van der Waals surface area contributed by atoms with Gasteiger partial charge in [0.2, 0.25) is 11.7 Å².